The molecule has 3 heterocycles. The molecule has 5 aromatic rings. The summed E-state index contributed by atoms with van der Waals surface area (Å²) >= 11 is 1.47. The highest BCUT2D eigenvalue weighted by molar-refractivity contribution is 7.16. The number of fused-ring (bicyclic) bond motifs is 2. The standard InChI is InChI=1S/C24H19N5OS/c1-3-16-8-7-9-17-12-19(29(24(30)20(16)17)18-10-5-4-6-11-18)15(2)28-22-21-23(26-13-25-22)31-14-27-21/h3-15H,1H2,2H3,(H,25,26,28)/t15-/m0/s1. The molecule has 0 saturated heterocycles. The van der Waals surface area contributed by atoms with E-state index in [0.29, 0.717) is 11.2 Å². The number of thiazole rings is 1. The van der Waals surface area contributed by atoms with Crippen LogP contribution in [0, 0.1) is 0 Å². The molecule has 6 nitrogen and oxygen atoms in total. The molecule has 0 fully saturated rings. The molecule has 0 radical (unpaired) electrons. The summed E-state index contributed by atoms with van der Waals surface area (Å²) in [6.07, 6.45) is 3.25. The van der Waals surface area contributed by atoms with E-state index in [1.54, 1.807) is 16.2 Å². The number of anilines is 1. The Labute approximate surface area is 182 Å². The summed E-state index contributed by atoms with van der Waals surface area (Å²) in [5.41, 5.74) is 4.85. The minimum atomic E-state index is -0.218. The van der Waals surface area contributed by atoms with Gasteiger partial charge in [-0.2, -0.15) is 0 Å². The predicted molar refractivity (Wildman–Crippen MR) is 127 cm³/mol. The summed E-state index contributed by atoms with van der Waals surface area (Å²) < 4.78 is 1.76. The van der Waals surface area contributed by atoms with Crippen molar-refractivity contribution in [2.45, 2.75) is 13.0 Å². The Balaban J connectivity index is 1.73. The number of hydrogen-bond donors (Lipinski definition) is 1. The fourth-order valence-corrected chi connectivity index (χ4v) is 4.45. The maximum Gasteiger partial charge on any atom is 0.263 e. The number of benzene rings is 2. The van der Waals surface area contributed by atoms with Gasteiger partial charge in [-0.15, -0.1) is 11.3 Å². The largest absolute Gasteiger partial charge is 0.360 e. The molecule has 0 aliphatic heterocycles. The highest BCUT2D eigenvalue weighted by Crippen LogP contribution is 2.28. The molecule has 0 unspecified atom stereocenters. The summed E-state index contributed by atoms with van der Waals surface area (Å²) in [4.78, 5) is 27.6. The lowest BCUT2D eigenvalue weighted by molar-refractivity contribution is 0.774. The lowest BCUT2D eigenvalue weighted by Gasteiger charge is -2.21. The van der Waals surface area contributed by atoms with Crippen LogP contribution in [0.4, 0.5) is 5.82 Å². The monoisotopic (exact) mass is 425 g/mol. The normalized spacial score (nSPS) is 12.2. The van der Waals surface area contributed by atoms with Gasteiger partial charge in [0.15, 0.2) is 5.82 Å². The van der Waals surface area contributed by atoms with Crippen molar-refractivity contribution in [3.63, 3.8) is 0 Å². The van der Waals surface area contributed by atoms with Crippen LogP contribution >= 0.6 is 11.3 Å². The van der Waals surface area contributed by atoms with Gasteiger partial charge in [-0.3, -0.25) is 9.36 Å². The number of hydrogen-bond acceptors (Lipinski definition) is 6. The molecule has 0 aliphatic carbocycles. The molecule has 31 heavy (non-hydrogen) atoms. The SMILES string of the molecule is C=Cc1cccc2cc([C@H](C)Nc3ncnc4scnc34)n(-c3ccccc3)c(=O)c12. The molecule has 0 bridgehead atoms. The van der Waals surface area contributed by atoms with Crippen molar-refractivity contribution in [1.29, 1.82) is 0 Å². The van der Waals surface area contributed by atoms with Gasteiger partial charge in [0.1, 0.15) is 16.7 Å². The summed E-state index contributed by atoms with van der Waals surface area (Å²) in [5, 5.41) is 4.96. The first-order valence-corrected chi connectivity index (χ1v) is 10.7. The van der Waals surface area contributed by atoms with Crippen LogP contribution in [-0.4, -0.2) is 19.5 Å². The maximum atomic E-state index is 13.7. The van der Waals surface area contributed by atoms with Crippen LogP contribution in [0.15, 0.2) is 77.8 Å². The zero-order valence-corrected chi connectivity index (χ0v) is 17.6. The van der Waals surface area contributed by atoms with E-state index in [1.165, 1.54) is 17.7 Å². The van der Waals surface area contributed by atoms with E-state index in [2.05, 4.69) is 26.8 Å². The Bertz CT molecular complexity index is 1470. The van der Waals surface area contributed by atoms with Crippen molar-refractivity contribution in [3.8, 4) is 5.69 Å². The molecule has 5 rings (SSSR count). The van der Waals surface area contributed by atoms with E-state index < -0.39 is 0 Å². The van der Waals surface area contributed by atoms with Crippen molar-refractivity contribution in [2.24, 2.45) is 0 Å². The van der Waals surface area contributed by atoms with Gasteiger partial charge < -0.3 is 5.32 Å². The number of nitrogens with zero attached hydrogens (tertiary/aromatic N) is 4. The lowest BCUT2D eigenvalue weighted by Crippen LogP contribution is -2.26. The smallest absolute Gasteiger partial charge is 0.263 e. The van der Waals surface area contributed by atoms with E-state index in [-0.39, 0.29) is 11.6 Å². The van der Waals surface area contributed by atoms with Crippen molar-refractivity contribution < 1.29 is 0 Å². The fraction of sp³-hybridized carbons (Fsp3) is 0.0833. The highest BCUT2D eigenvalue weighted by Gasteiger charge is 2.19. The Hall–Kier alpha value is -3.84. The molecular weight excluding hydrogens is 406 g/mol. The van der Waals surface area contributed by atoms with E-state index in [4.69, 9.17) is 0 Å². The average Bonchev–Trinajstić information content (AvgIpc) is 3.29. The van der Waals surface area contributed by atoms with Gasteiger partial charge in [0, 0.05) is 11.4 Å². The van der Waals surface area contributed by atoms with Crippen LogP contribution in [0.2, 0.25) is 0 Å². The average molecular weight is 426 g/mol. The number of pyridine rings is 1. The van der Waals surface area contributed by atoms with Crippen molar-refractivity contribution in [2.75, 3.05) is 5.32 Å². The van der Waals surface area contributed by atoms with Gasteiger partial charge in [-0.05, 0) is 36.1 Å². The Morgan fingerprint density at radius 1 is 1.10 bits per heavy atom. The Morgan fingerprint density at radius 2 is 1.94 bits per heavy atom. The van der Waals surface area contributed by atoms with E-state index in [1.807, 2.05) is 61.5 Å². The molecule has 0 spiro atoms. The van der Waals surface area contributed by atoms with Crippen molar-refractivity contribution in [3.05, 3.63) is 94.6 Å². The van der Waals surface area contributed by atoms with Crippen LogP contribution in [0.25, 0.3) is 32.9 Å². The molecule has 1 atom stereocenters. The molecule has 0 aliphatic rings. The van der Waals surface area contributed by atoms with Gasteiger partial charge in [0.2, 0.25) is 0 Å². The van der Waals surface area contributed by atoms with Gasteiger partial charge in [-0.25, -0.2) is 15.0 Å². The topological polar surface area (TPSA) is 72.7 Å². The summed E-state index contributed by atoms with van der Waals surface area (Å²) in [5.74, 6) is 0.644. The second-order valence-electron chi connectivity index (χ2n) is 7.16. The predicted octanol–water partition coefficient (Wildman–Crippen LogP) is 5.21. The van der Waals surface area contributed by atoms with Crippen LogP contribution in [-0.2, 0) is 0 Å². The molecule has 1 N–H and O–H groups in total. The molecule has 3 aromatic heterocycles. The molecule has 2 aromatic carbocycles. The fourth-order valence-electron chi connectivity index (χ4n) is 3.82. The Morgan fingerprint density at radius 3 is 2.74 bits per heavy atom. The third kappa shape index (κ3) is 3.29. The van der Waals surface area contributed by atoms with Crippen LogP contribution in [0.3, 0.4) is 0 Å². The first-order chi connectivity index (χ1) is 15.2. The summed E-state index contributed by atoms with van der Waals surface area (Å²) in [6.45, 7) is 5.89. The highest BCUT2D eigenvalue weighted by atomic mass is 32.1. The Kier molecular flexibility index (Phi) is 4.80. The summed E-state index contributed by atoms with van der Waals surface area (Å²) in [6, 6.07) is 17.3. The van der Waals surface area contributed by atoms with Gasteiger partial charge >= 0.3 is 0 Å². The third-order valence-electron chi connectivity index (χ3n) is 5.27. The first-order valence-electron chi connectivity index (χ1n) is 9.84. The second kappa shape index (κ2) is 7.77. The van der Waals surface area contributed by atoms with E-state index >= 15 is 0 Å². The molecule has 0 amide bonds. The minimum Gasteiger partial charge on any atom is -0.360 e. The van der Waals surface area contributed by atoms with Gasteiger partial charge in [0.05, 0.1) is 16.9 Å². The lowest BCUT2D eigenvalue weighted by atomic mass is 10.0. The van der Waals surface area contributed by atoms with E-state index in [9.17, 15) is 4.79 Å². The first kappa shape index (κ1) is 19.1. The van der Waals surface area contributed by atoms with Crippen LogP contribution < -0.4 is 10.9 Å². The van der Waals surface area contributed by atoms with Crippen molar-refractivity contribution >= 4 is 44.4 Å². The van der Waals surface area contributed by atoms with Crippen LogP contribution in [0.5, 0.6) is 0 Å². The third-order valence-corrected chi connectivity index (χ3v) is 6.01. The number of aromatic nitrogens is 4. The maximum absolute atomic E-state index is 13.7. The minimum absolute atomic E-state index is 0.0793. The zero-order chi connectivity index (χ0) is 21.4. The van der Waals surface area contributed by atoms with Crippen molar-refractivity contribution in [1.82, 2.24) is 19.5 Å². The second-order valence-corrected chi connectivity index (χ2v) is 7.99. The van der Waals surface area contributed by atoms with E-state index in [0.717, 1.165) is 32.7 Å². The van der Waals surface area contributed by atoms with Crippen LogP contribution in [0.1, 0.15) is 24.2 Å². The number of rotatable bonds is 5. The zero-order valence-electron chi connectivity index (χ0n) is 16.8. The number of nitrogens with one attached hydrogen (secondary N) is 1. The summed E-state index contributed by atoms with van der Waals surface area (Å²) in [7, 11) is 0. The van der Waals surface area contributed by atoms with Gasteiger partial charge in [0.25, 0.3) is 5.56 Å². The quantitative estimate of drug-likeness (QED) is 0.419. The molecule has 7 heteroatoms. The molecule has 0 saturated carbocycles. The number of para-hydroxylation sites is 1. The van der Waals surface area contributed by atoms with Gasteiger partial charge in [-0.1, -0.05) is 49.1 Å². The molecule has 152 valence electrons. The molecular formula is C24H19N5OS.